The number of hydrogen-bond acceptors (Lipinski definition) is 2. The number of allylic oxidation sites excluding steroid dienone is 10. The van der Waals surface area contributed by atoms with E-state index in [9.17, 15) is 4.79 Å². The number of rotatable bonds is 8. The van der Waals surface area contributed by atoms with E-state index in [0.29, 0.717) is 0 Å². The summed E-state index contributed by atoms with van der Waals surface area (Å²) in [6.07, 6.45) is 14.7. The summed E-state index contributed by atoms with van der Waals surface area (Å²) in [4.78, 5) is 14.1. The second kappa shape index (κ2) is 10.5. The summed E-state index contributed by atoms with van der Waals surface area (Å²) in [5, 5.41) is 8.44. The van der Waals surface area contributed by atoms with E-state index in [1.54, 1.807) is 12.3 Å². The van der Waals surface area contributed by atoms with Gasteiger partial charge in [0.15, 0.2) is 0 Å². The van der Waals surface area contributed by atoms with Crippen LogP contribution in [0.2, 0.25) is 0 Å². The van der Waals surface area contributed by atoms with E-state index in [1.807, 2.05) is 50.3 Å². The molecule has 0 radical (unpaired) electrons. The Morgan fingerprint density at radius 1 is 1.15 bits per heavy atom. The normalized spacial score (nSPS) is 13.5. The highest BCUT2D eigenvalue weighted by molar-refractivity contribution is 5.80. The molecule has 0 saturated carbocycles. The van der Waals surface area contributed by atoms with Gasteiger partial charge in [-0.2, -0.15) is 0 Å². The largest absolute Gasteiger partial charge is 0.480 e. The maximum Gasteiger partial charge on any atom is 0.325 e. The van der Waals surface area contributed by atoms with E-state index < -0.39 is 5.97 Å². The number of hydrogen-bond donors (Lipinski definition) is 1. The predicted molar refractivity (Wildman–Crippen MR) is 86.1 cm³/mol. The lowest BCUT2D eigenvalue weighted by molar-refractivity contribution is -0.135. The second-order valence-corrected chi connectivity index (χ2v) is 4.18. The molecular weight excluding hydrogens is 250 g/mol. The fourth-order valence-electron chi connectivity index (χ4n) is 1.11. The van der Waals surface area contributed by atoms with E-state index in [-0.39, 0.29) is 6.54 Å². The summed E-state index contributed by atoms with van der Waals surface area (Å²) < 4.78 is 0. The van der Waals surface area contributed by atoms with Gasteiger partial charge in [-0.1, -0.05) is 61.3 Å². The van der Waals surface area contributed by atoms with Crippen LogP contribution in [-0.2, 0) is 4.79 Å². The first-order valence-corrected chi connectivity index (χ1v) is 6.18. The topological polar surface area (TPSA) is 49.7 Å². The number of carboxylic acids is 1. The van der Waals surface area contributed by atoms with Crippen LogP contribution in [-0.4, -0.2) is 23.8 Å². The summed E-state index contributed by atoms with van der Waals surface area (Å²) in [7, 11) is 0. The molecule has 0 aliphatic carbocycles. The van der Waals surface area contributed by atoms with Gasteiger partial charge in [0.1, 0.15) is 6.54 Å². The van der Waals surface area contributed by atoms with Crippen molar-refractivity contribution in [2.24, 2.45) is 4.99 Å². The first-order chi connectivity index (χ1) is 9.45. The predicted octanol–water partition coefficient (Wildman–Crippen LogP) is 3.89. The first-order valence-electron chi connectivity index (χ1n) is 6.18. The fourth-order valence-corrected chi connectivity index (χ4v) is 1.11. The van der Waals surface area contributed by atoms with Crippen molar-refractivity contribution in [3.05, 3.63) is 72.4 Å². The molecule has 0 aliphatic rings. The van der Waals surface area contributed by atoms with Crippen molar-refractivity contribution in [1.82, 2.24) is 0 Å². The minimum absolute atomic E-state index is 0.203. The third kappa shape index (κ3) is 10.7. The zero-order valence-electron chi connectivity index (χ0n) is 12.0. The molecule has 0 aliphatic heterocycles. The summed E-state index contributed by atoms with van der Waals surface area (Å²) in [5.41, 5.74) is 2.85. The highest BCUT2D eigenvalue weighted by Crippen LogP contribution is 2.00. The molecule has 1 N–H and O–H groups in total. The van der Waals surface area contributed by atoms with Crippen LogP contribution < -0.4 is 0 Å². The molecule has 0 bridgehead atoms. The van der Waals surface area contributed by atoms with Crippen molar-refractivity contribution in [1.29, 1.82) is 0 Å². The van der Waals surface area contributed by atoms with E-state index in [2.05, 4.69) is 18.2 Å². The smallest absolute Gasteiger partial charge is 0.325 e. The number of nitrogens with zero attached hydrogens (tertiary/aromatic N) is 1. The summed E-state index contributed by atoms with van der Waals surface area (Å²) in [6, 6.07) is 0. The third-order valence-electron chi connectivity index (χ3n) is 2.17. The molecule has 0 aromatic rings. The first kappa shape index (κ1) is 17.6. The molecule has 0 aromatic carbocycles. The van der Waals surface area contributed by atoms with Gasteiger partial charge in [-0.3, -0.25) is 9.79 Å². The second-order valence-electron chi connectivity index (χ2n) is 4.18. The Kier molecular flexibility index (Phi) is 9.23. The maximum absolute atomic E-state index is 10.3. The molecule has 3 nitrogen and oxygen atoms in total. The van der Waals surface area contributed by atoms with Crippen molar-refractivity contribution in [3.8, 4) is 0 Å². The highest BCUT2D eigenvalue weighted by Gasteiger charge is 1.89. The minimum Gasteiger partial charge on any atom is -0.480 e. The van der Waals surface area contributed by atoms with Crippen LogP contribution in [0.1, 0.15) is 13.8 Å². The van der Waals surface area contributed by atoms with Gasteiger partial charge in [0.2, 0.25) is 0 Å². The van der Waals surface area contributed by atoms with Gasteiger partial charge in [-0.15, -0.1) is 0 Å². The number of aliphatic carboxylic acids is 1. The molecular formula is C17H21NO2. The molecule has 0 rings (SSSR count). The van der Waals surface area contributed by atoms with Crippen molar-refractivity contribution < 1.29 is 9.90 Å². The summed E-state index contributed by atoms with van der Waals surface area (Å²) >= 11 is 0. The standard InChI is InChI=1S/C17H21NO2/c1-5-14(2)8-6-9-15(3)10-7-11-16(4)12-18-13-17(19)20/h5-12H,1-2,13H2,3-4H3,(H,19,20)/b8-6+,10-7+,15-9+,16-11+,18-12+. The monoisotopic (exact) mass is 271 g/mol. The SMILES string of the molecule is C=CC(=C)/C=C/C=C(C)/C=C/C=C(C)/C=N/CC(=O)O. The Balaban J connectivity index is 4.41. The Hall–Kier alpha value is -2.42. The van der Waals surface area contributed by atoms with Gasteiger partial charge in [-0.25, -0.2) is 0 Å². The molecule has 0 atom stereocenters. The average Bonchev–Trinajstić information content (AvgIpc) is 2.38. The molecule has 0 amide bonds. The van der Waals surface area contributed by atoms with E-state index in [0.717, 1.165) is 16.7 Å². The molecule has 106 valence electrons. The molecule has 0 spiro atoms. The van der Waals surface area contributed by atoms with E-state index in [4.69, 9.17) is 5.11 Å². The Morgan fingerprint density at radius 3 is 2.35 bits per heavy atom. The molecule has 3 heteroatoms. The number of carboxylic acid groups (broad SMARTS) is 1. The zero-order valence-corrected chi connectivity index (χ0v) is 12.0. The highest BCUT2D eigenvalue weighted by atomic mass is 16.4. The average molecular weight is 271 g/mol. The van der Waals surface area contributed by atoms with Gasteiger partial charge >= 0.3 is 5.97 Å². The van der Waals surface area contributed by atoms with Crippen molar-refractivity contribution in [2.45, 2.75) is 13.8 Å². The molecule has 0 unspecified atom stereocenters. The van der Waals surface area contributed by atoms with Crippen LogP contribution in [0.4, 0.5) is 0 Å². The molecule has 0 fully saturated rings. The van der Waals surface area contributed by atoms with Gasteiger partial charge in [-0.05, 0) is 25.0 Å². The molecule has 20 heavy (non-hydrogen) atoms. The Bertz CT molecular complexity index is 503. The van der Waals surface area contributed by atoms with E-state index in [1.165, 1.54) is 0 Å². The fraction of sp³-hybridized carbons (Fsp3) is 0.176. The van der Waals surface area contributed by atoms with Crippen LogP contribution in [0.3, 0.4) is 0 Å². The van der Waals surface area contributed by atoms with Crippen LogP contribution >= 0.6 is 0 Å². The van der Waals surface area contributed by atoms with Crippen molar-refractivity contribution in [3.63, 3.8) is 0 Å². The van der Waals surface area contributed by atoms with Gasteiger partial charge in [0.05, 0.1) is 0 Å². The zero-order chi connectivity index (χ0) is 15.4. The third-order valence-corrected chi connectivity index (χ3v) is 2.17. The van der Waals surface area contributed by atoms with Crippen LogP contribution in [0, 0.1) is 0 Å². The van der Waals surface area contributed by atoms with Gasteiger partial charge in [0, 0.05) is 6.21 Å². The molecule has 0 aromatic heterocycles. The Morgan fingerprint density at radius 2 is 1.75 bits per heavy atom. The molecule has 0 heterocycles. The van der Waals surface area contributed by atoms with Crippen LogP contribution in [0.15, 0.2) is 77.4 Å². The maximum atomic E-state index is 10.3. The van der Waals surface area contributed by atoms with Crippen LogP contribution in [0.5, 0.6) is 0 Å². The van der Waals surface area contributed by atoms with Gasteiger partial charge < -0.3 is 5.11 Å². The number of aliphatic imine (C=N–C) groups is 1. The van der Waals surface area contributed by atoms with E-state index >= 15 is 0 Å². The summed E-state index contributed by atoms with van der Waals surface area (Å²) in [5.74, 6) is -0.934. The summed E-state index contributed by atoms with van der Waals surface area (Å²) in [6.45, 7) is 11.0. The lowest BCUT2D eigenvalue weighted by Crippen LogP contribution is -1.99. The number of carbonyl (C=O) groups is 1. The van der Waals surface area contributed by atoms with Crippen molar-refractivity contribution in [2.75, 3.05) is 6.54 Å². The quantitative estimate of drug-likeness (QED) is 0.538. The Labute approximate surface area is 120 Å². The van der Waals surface area contributed by atoms with Gasteiger partial charge in [0.25, 0.3) is 0 Å². The lowest BCUT2D eigenvalue weighted by atomic mass is 10.2. The van der Waals surface area contributed by atoms with Crippen molar-refractivity contribution >= 4 is 12.2 Å². The minimum atomic E-state index is -0.934. The lowest BCUT2D eigenvalue weighted by Gasteiger charge is -1.90. The van der Waals surface area contributed by atoms with Crippen LogP contribution in [0.25, 0.3) is 0 Å². The molecule has 0 saturated heterocycles.